The molecule has 1 amide bonds. The molecule has 1 saturated heterocycles. The van der Waals surface area contributed by atoms with Gasteiger partial charge in [0.05, 0.1) is 6.10 Å². The summed E-state index contributed by atoms with van der Waals surface area (Å²) in [7, 11) is 1.66. The van der Waals surface area contributed by atoms with Crippen molar-refractivity contribution in [3.8, 4) is 0 Å². The van der Waals surface area contributed by atoms with Crippen LogP contribution in [0.2, 0.25) is 0 Å². The molecule has 0 aromatic carbocycles. The molecule has 0 aromatic rings. The van der Waals surface area contributed by atoms with E-state index in [9.17, 15) is 9.90 Å². The lowest BCUT2D eigenvalue weighted by Gasteiger charge is -2.34. The first kappa shape index (κ1) is 12.5. The van der Waals surface area contributed by atoms with E-state index in [0.29, 0.717) is 12.3 Å². The van der Waals surface area contributed by atoms with Crippen molar-refractivity contribution in [1.29, 1.82) is 0 Å². The normalized spacial score (nSPS) is 27.7. The molecular weight excluding hydrogens is 192 g/mol. The van der Waals surface area contributed by atoms with Crippen LogP contribution in [0.25, 0.3) is 0 Å². The summed E-state index contributed by atoms with van der Waals surface area (Å²) in [5, 5.41) is 12.3. The van der Waals surface area contributed by atoms with Crippen molar-refractivity contribution in [1.82, 2.24) is 10.2 Å². The summed E-state index contributed by atoms with van der Waals surface area (Å²) in [6, 6.07) is 0. The maximum Gasteiger partial charge on any atom is 0.219 e. The Morgan fingerprint density at radius 3 is 2.93 bits per heavy atom. The van der Waals surface area contributed by atoms with Gasteiger partial charge >= 0.3 is 0 Å². The standard InChI is InChI=1S/C11H22N2O2/c1-9-5-7-13(8-10(9)14)6-3-4-11(15)12-2/h9-10,14H,3-8H2,1-2H3,(H,12,15). The molecule has 0 saturated carbocycles. The molecule has 0 aromatic heterocycles. The van der Waals surface area contributed by atoms with Crippen molar-refractivity contribution >= 4 is 5.91 Å². The van der Waals surface area contributed by atoms with Crippen LogP contribution in [0.15, 0.2) is 0 Å². The lowest BCUT2D eigenvalue weighted by Crippen LogP contribution is -2.43. The van der Waals surface area contributed by atoms with E-state index in [4.69, 9.17) is 0 Å². The number of nitrogens with one attached hydrogen (secondary N) is 1. The summed E-state index contributed by atoms with van der Waals surface area (Å²) in [5.41, 5.74) is 0. The quantitative estimate of drug-likeness (QED) is 0.703. The van der Waals surface area contributed by atoms with E-state index in [1.54, 1.807) is 7.05 Å². The number of piperidine rings is 1. The third kappa shape index (κ3) is 4.18. The van der Waals surface area contributed by atoms with Crippen LogP contribution in [0.1, 0.15) is 26.2 Å². The predicted molar refractivity (Wildman–Crippen MR) is 59.5 cm³/mol. The van der Waals surface area contributed by atoms with E-state index in [-0.39, 0.29) is 12.0 Å². The summed E-state index contributed by atoms with van der Waals surface area (Å²) < 4.78 is 0. The average Bonchev–Trinajstić information content (AvgIpc) is 2.23. The smallest absolute Gasteiger partial charge is 0.219 e. The second kappa shape index (κ2) is 6.08. The first-order chi connectivity index (χ1) is 7.13. The molecule has 0 bridgehead atoms. The zero-order valence-corrected chi connectivity index (χ0v) is 9.70. The van der Waals surface area contributed by atoms with Gasteiger partial charge in [-0.3, -0.25) is 4.79 Å². The number of aliphatic hydroxyl groups is 1. The number of carbonyl (C=O) groups excluding carboxylic acids is 1. The molecule has 1 rings (SSSR count). The number of likely N-dealkylation sites (tertiary alicyclic amines) is 1. The van der Waals surface area contributed by atoms with Crippen molar-refractivity contribution in [2.75, 3.05) is 26.7 Å². The highest BCUT2D eigenvalue weighted by Crippen LogP contribution is 2.16. The fraction of sp³-hybridized carbons (Fsp3) is 0.909. The first-order valence-electron chi connectivity index (χ1n) is 5.74. The second-order valence-corrected chi connectivity index (χ2v) is 4.41. The first-order valence-corrected chi connectivity index (χ1v) is 5.74. The van der Waals surface area contributed by atoms with Gasteiger partial charge in [0, 0.05) is 20.0 Å². The van der Waals surface area contributed by atoms with Crippen molar-refractivity contribution in [3.63, 3.8) is 0 Å². The van der Waals surface area contributed by atoms with Gasteiger partial charge in [0.2, 0.25) is 5.91 Å². The maximum absolute atomic E-state index is 11.0. The van der Waals surface area contributed by atoms with Crippen molar-refractivity contribution in [2.45, 2.75) is 32.3 Å². The van der Waals surface area contributed by atoms with Crippen LogP contribution >= 0.6 is 0 Å². The Labute approximate surface area is 91.6 Å². The molecule has 1 aliphatic rings. The number of carbonyl (C=O) groups is 1. The molecule has 88 valence electrons. The summed E-state index contributed by atoms with van der Waals surface area (Å²) >= 11 is 0. The van der Waals surface area contributed by atoms with E-state index in [1.165, 1.54) is 0 Å². The molecule has 0 aliphatic carbocycles. The third-order valence-electron chi connectivity index (χ3n) is 3.16. The third-order valence-corrected chi connectivity index (χ3v) is 3.16. The Bertz CT molecular complexity index is 209. The van der Waals surface area contributed by atoms with E-state index >= 15 is 0 Å². The van der Waals surface area contributed by atoms with Gasteiger partial charge in [-0.15, -0.1) is 0 Å². The van der Waals surface area contributed by atoms with Crippen LogP contribution < -0.4 is 5.32 Å². The van der Waals surface area contributed by atoms with Crippen LogP contribution in [0.3, 0.4) is 0 Å². The zero-order chi connectivity index (χ0) is 11.3. The van der Waals surface area contributed by atoms with Gasteiger partial charge in [0.15, 0.2) is 0 Å². The summed E-state index contributed by atoms with van der Waals surface area (Å²) in [4.78, 5) is 13.2. The number of hydrogen-bond acceptors (Lipinski definition) is 3. The van der Waals surface area contributed by atoms with Crippen LogP contribution in [0.4, 0.5) is 0 Å². The molecule has 2 atom stereocenters. The van der Waals surface area contributed by atoms with Crippen molar-refractivity contribution < 1.29 is 9.90 Å². The van der Waals surface area contributed by atoms with Crippen LogP contribution in [-0.2, 0) is 4.79 Å². The lowest BCUT2D eigenvalue weighted by molar-refractivity contribution is -0.120. The molecule has 2 unspecified atom stereocenters. The van der Waals surface area contributed by atoms with E-state index in [2.05, 4.69) is 17.1 Å². The molecule has 15 heavy (non-hydrogen) atoms. The fourth-order valence-electron chi connectivity index (χ4n) is 1.91. The molecule has 0 spiro atoms. The molecule has 1 heterocycles. The Balaban J connectivity index is 2.14. The van der Waals surface area contributed by atoms with Gasteiger partial charge in [-0.05, 0) is 31.8 Å². The van der Waals surface area contributed by atoms with Gasteiger partial charge in [-0.1, -0.05) is 6.92 Å². The highest BCUT2D eigenvalue weighted by Gasteiger charge is 2.23. The number of β-amino-alcohol motifs (C(OH)–C–C–N with tert-alkyl or cyclic N) is 1. The summed E-state index contributed by atoms with van der Waals surface area (Å²) in [5.74, 6) is 0.515. The highest BCUT2D eigenvalue weighted by atomic mass is 16.3. The molecule has 1 aliphatic heterocycles. The molecule has 0 radical (unpaired) electrons. The topological polar surface area (TPSA) is 52.6 Å². The molecule has 2 N–H and O–H groups in total. The summed E-state index contributed by atoms with van der Waals surface area (Å²) in [6.45, 7) is 4.81. The number of nitrogens with zero attached hydrogens (tertiary/aromatic N) is 1. The number of aliphatic hydroxyl groups excluding tert-OH is 1. The van der Waals surface area contributed by atoms with Crippen molar-refractivity contribution in [3.05, 3.63) is 0 Å². The molecule has 4 heteroatoms. The fourth-order valence-corrected chi connectivity index (χ4v) is 1.91. The Morgan fingerprint density at radius 1 is 1.60 bits per heavy atom. The number of amides is 1. The minimum Gasteiger partial charge on any atom is -0.392 e. The Morgan fingerprint density at radius 2 is 2.33 bits per heavy atom. The Kier molecular flexibility index (Phi) is 5.05. The Hall–Kier alpha value is -0.610. The van der Waals surface area contributed by atoms with Gasteiger partial charge in [-0.25, -0.2) is 0 Å². The SMILES string of the molecule is CNC(=O)CCCN1CCC(C)C(O)C1. The van der Waals surface area contributed by atoms with Crippen molar-refractivity contribution in [2.24, 2.45) is 5.92 Å². The summed E-state index contributed by atoms with van der Waals surface area (Å²) in [6.07, 6.45) is 2.32. The minimum absolute atomic E-state index is 0.0981. The van der Waals surface area contributed by atoms with E-state index < -0.39 is 0 Å². The second-order valence-electron chi connectivity index (χ2n) is 4.41. The van der Waals surface area contributed by atoms with Crippen LogP contribution in [0, 0.1) is 5.92 Å². The molecule has 4 nitrogen and oxygen atoms in total. The average molecular weight is 214 g/mol. The monoisotopic (exact) mass is 214 g/mol. The molecular formula is C11H22N2O2. The lowest BCUT2D eigenvalue weighted by atomic mass is 9.96. The largest absolute Gasteiger partial charge is 0.392 e. The van der Waals surface area contributed by atoms with E-state index in [1.807, 2.05) is 0 Å². The predicted octanol–water partition coefficient (Wildman–Crippen LogP) is 0.215. The number of hydrogen-bond donors (Lipinski definition) is 2. The number of rotatable bonds is 4. The van der Waals surface area contributed by atoms with Crippen LogP contribution in [0.5, 0.6) is 0 Å². The van der Waals surface area contributed by atoms with Crippen LogP contribution in [-0.4, -0.2) is 48.7 Å². The van der Waals surface area contributed by atoms with Gasteiger partial charge < -0.3 is 15.3 Å². The highest BCUT2D eigenvalue weighted by molar-refractivity contribution is 5.75. The minimum atomic E-state index is -0.196. The zero-order valence-electron chi connectivity index (χ0n) is 9.70. The van der Waals surface area contributed by atoms with Gasteiger partial charge in [0.25, 0.3) is 0 Å². The molecule has 1 fully saturated rings. The maximum atomic E-state index is 11.0. The van der Waals surface area contributed by atoms with Gasteiger partial charge in [-0.2, -0.15) is 0 Å². The van der Waals surface area contributed by atoms with E-state index in [0.717, 1.165) is 32.5 Å². The van der Waals surface area contributed by atoms with Gasteiger partial charge in [0.1, 0.15) is 0 Å².